The smallest absolute Gasteiger partial charge is 0.375 e. The minimum Gasteiger partial charge on any atom is -0.480 e. The molecule has 0 saturated heterocycles. The summed E-state index contributed by atoms with van der Waals surface area (Å²) in [5, 5.41) is 12.5. The lowest BCUT2D eigenvalue weighted by atomic mass is 10.3. The van der Waals surface area contributed by atoms with Gasteiger partial charge in [-0.1, -0.05) is 5.16 Å². The van der Waals surface area contributed by atoms with Crippen LogP contribution < -0.4 is 4.74 Å². The molecule has 0 aromatic carbocycles. The predicted octanol–water partition coefficient (Wildman–Crippen LogP) is 0.633. The molecule has 0 aliphatic rings. The van der Waals surface area contributed by atoms with Crippen molar-refractivity contribution in [2.75, 3.05) is 7.11 Å². The van der Waals surface area contributed by atoms with E-state index < -0.39 is 5.97 Å². The summed E-state index contributed by atoms with van der Waals surface area (Å²) in [5.41, 5.74) is 0.178. The molecule has 7 nitrogen and oxygen atoms in total. The number of aryl methyl sites for hydroxylation is 1. The molecule has 7 heteroatoms. The zero-order chi connectivity index (χ0) is 11.0. The number of aromatic nitrogens is 3. The van der Waals surface area contributed by atoms with Gasteiger partial charge in [-0.3, -0.25) is 0 Å². The Labute approximate surface area is 83.7 Å². The summed E-state index contributed by atoms with van der Waals surface area (Å²) in [6, 6.07) is 0. The van der Waals surface area contributed by atoms with Gasteiger partial charge in [0.25, 0.3) is 5.76 Å². The molecule has 78 valence electrons. The zero-order valence-electron chi connectivity index (χ0n) is 8.01. The molecule has 0 unspecified atom stereocenters. The van der Waals surface area contributed by atoms with Crippen molar-refractivity contribution in [2.45, 2.75) is 6.92 Å². The van der Waals surface area contributed by atoms with Crippen LogP contribution >= 0.6 is 0 Å². The van der Waals surface area contributed by atoms with E-state index in [9.17, 15) is 4.79 Å². The van der Waals surface area contributed by atoms with Crippen LogP contribution in [-0.4, -0.2) is 33.3 Å². The lowest BCUT2D eigenvalue weighted by Gasteiger charge is -1.99. The van der Waals surface area contributed by atoms with Gasteiger partial charge >= 0.3 is 5.97 Å². The van der Waals surface area contributed by atoms with E-state index >= 15 is 0 Å². The average molecular weight is 209 g/mol. The van der Waals surface area contributed by atoms with Crippen molar-refractivity contribution in [3.8, 4) is 5.88 Å². The molecule has 0 saturated carbocycles. The van der Waals surface area contributed by atoms with Crippen LogP contribution in [0.2, 0.25) is 0 Å². The van der Waals surface area contributed by atoms with Crippen LogP contribution in [0.15, 0.2) is 4.52 Å². The molecule has 0 aliphatic heterocycles. The summed E-state index contributed by atoms with van der Waals surface area (Å²) in [6.45, 7) is 1.65. The zero-order valence-corrected chi connectivity index (χ0v) is 8.01. The number of nitrogens with zero attached hydrogens (tertiary/aromatic N) is 3. The Morgan fingerprint density at radius 3 is 2.80 bits per heavy atom. The van der Waals surface area contributed by atoms with Crippen molar-refractivity contribution in [1.82, 2.24) is 15.1 Å². The fraction of sp³-hybridized carbons (Fsp3) is 0.250. The van der Waals surface area contributed by atoms with Crippen LogP contribution in [0.25, 0.3) is 11.0 Å². The molecule has 2 rings (SSSR count). The first-order valence-corrected chi connectivity index (χ1v) is 4.04. The second-order valence-electron chi connectivity index (χ2n) is 2.80. The maximum atomic E-state index is 10.8. The Morgan fingerprint density at radius 2 is 2.20 bits per heavy atom. The fourth-order valence-electron chi connectivity index (χ4n) is 1.23. The standard InChI is InChI=1S/C8H7N3O4/c1-3-9-6-4(7(10-3)14-2)5(8(12)13)15-11-6/h1-2H3,(H,12,13). The van der Waals surface area contributed by atoms with Crippen LogP contribution in [0, 0.1) is 6.92 Å². The van der Waals surface area contributed by atoms with E-state index in [-0.39, 0.29) is 22.7 Å². The number of carboxylic acids is 1. The van der Waals surface area contributed by atoms with Crippen LogP contribution in [0.1, 0.15) is 16.4 Å². The number of aromatic carboxylic acids is 1. The lowest BCUT2D eigenvalue weighted by Crippen LogP contribution is -1.99. The van der Waals surface area contributed by atoms with Crippen LogP contribution in [0.3, 0.4) is 0 Å². The number of carboxylic acid groups (broad SMARTS) is 1. The van der Waals surface area contributed by atoms with Crippen molar-refractivity contribution < 1.29 is 19.2 Å². The number of hydrogen-bond acceptors (Lipinski definition) is 6. The Kier molecular flexibility index (Phi) is 2.00. The first-order chi connectivity index (χ1) is 7.13. The van der Waals surface area contributed by atoms with Gasteiger partial charge in [0.15, 0.2) is 0 Å². The minimum atomic E-state index is -1.23. The monoisotopic (exact) mass is 209 g/mol. The van der Waals surface area contributed by atoms with Crippen molar-refractivity contribution in [1.29, 1.82) is 0 Å². The maximum Gasteiger partial charge on any atom is 0.375 e. The normalized spacial score (nSPS) is 10.5. The van der Waals surface area contributed by atoms with Gasteiger partial charge in [-0.05, 0) is 6.92 Å². The summed E-state index contributed by atoms with van der Waals surface area (Å²) in [7, 11) is 1.39. The molecule has 0 amide bonds. The van der Waals surface area contributed by atoms with Gasteiger partial charge in [-0.15, -0.1) is 0 Å². The number of methoxy groups -OCH3 is 1. The molecule has 1 N–H and O–H groups in total. The molecular formula is C8H7N3O4. The van der Waals surface area contributed by atoms with Crippen molar-refractivity contribution in [2.24, 2.45) is 0 Å². The first kappa shape index (κ1) is 9.38. The van der Waals surface area contributed by atoms with Gasteiger partial charge in [-0.2, -0.15) is 4.98 Å². The lowest BCUT2D eigenvalue weighted by molar-refractivity contribution is 0.0654. The summed E-state index contributed by atoms with van der Waals surface area (Å²) in [6.07, 6.45) is 0. The number of hydrogen-bond donors (Lipinski definition) is 1. The molecule has 2 aromatic rings. The molecule has 0 spiro atoms. The molecule has 0 radical (unpaired) electrons. The molecule has 0 fully saturated rings. The van der Waals surface area contributed by atoms with Crippen LogP contribution in [-0.2, 0) is 0 Å². The predicted molar refractivity (Wildman–Crippen MR) is 47.8 cm³/mol. The highest BCUT2D eigenvalue weighted by molar-refractivity contribution is 6.00. The van der Waals surface area contributed by atoms with Gasteiger partial charge in [0, 0.05) is 0 Å². The molecular weight excluding hydrogens is 202 g/mol. The Balaban J connectivity index is 2.83. The molecule has 2 heterocycles. The number of rotatable bonds is 2. The highest BCUT2D eigenvalue weighted by Gasteiger charge is 2.21. The van der Waals surface area contributed by atoms with Gasteiger partial charge in [0.05, 0.1) is 7.11 Å². The first-order valence-electron chi connectivity index (χ1n) is 4.04. The second-order valence-corrected chi connectivity index (χ2v) is 2.80. The SMILES string of the molecule is COc1nc(C)nc2noc(C(=O)O)c12. The second kappa shape index (κ2) is 3.19. The Bertz CT molecular complexity index is 534. The molecule has 15 heavy (non-hydrogen) atoms. The molecule has 0 bridgehead atoms. The summed E-state index contributed by atoms with van der Waals surface area (Å²) in [5.74, 6) is -0.967. The third kappa shape index (κ3) is 1.37. The number of ether oxygens (including phenoxy) is 1. The van der Waals surface area contributed by atoms with Gasteiger partial charge in [0.1, 0.15) is 11.2 Å². The number of carbonyl (C=O) groups is 1. The van der Waals surface area contributed by atoms with Gasteiger partial charge in [0.2, 0.25) is 11.5 Å². The van der Waals surface area contributed by atoms with E-state index in [1.54, 1.807) is 6.92 Å². The van der Waals surface area contributed by atoms with E-state index in [2.05, 4.69) is 19.6 Å². The highest BCUT2D eigenvalue weighted by Crippen LogP contribution is 2.25. The van der Waals surface area contributed by atoms with Crippen LogP contribution in [0.5, 0.6) is 5.88 Å². The van der Waals surface area contributed by atoms with E-state index in [4.69, 9.17) is 9.84 Å². The topological polar surface area (TPSA) is 98.3 Å². The fourth-order valence-corrected chi connectivity index (χ4v) is 1.23. The summed E-state index contributed by atoms with van der Waals surface area (Å²) in [4.78, 5) is 18.7. The van der Waals surface area contributed by atoms with Crippen molar-refractivity contribution in [3.05, 3.63) is 11.6 Å². The van der Waals surface area contributed by atoms with Crippen LogP contribution in [0.4, 0.5) is 0 Å². The molecule has 2 aromatic heterocycles. The summed E-state index contributed by atoms with van der Waals surface area (Å²) < 4.78 is 9.58. The quantitative estimate of drug-likeness (QED) is 0.774. The van der Waals surface area contributed by atoms with Crippen molar-refractivity contribution >= 4 is 17.0 Å². The largest absolute Gasteiger partial charge is 0.480 e. The Morgan fingerprint density at radius 1 is 1.47 bits per heavy atom. The molecule has 0 atom stereocenters. The van der Waals surface area contributed by atoms with E-state index in [0.717, 1.165) is 0 Å². The van der Waals surface area contributed by atoms with Crippen molar-refractivity contribution in [3.63, 3.8) is 0 Å². The van der Waals surface area contributed by atoms with Gasteiger partial charge < -0.3 is 14.4 Å². The highest BCUT2D eigenvalue weighted by atomic mass is 16.5. The van der Waals surface area contributed by atoms with E-state index in [0.29, 0.717) is 5.82 Å². The molecule has 0 aliphatic carbocycles. The minimum absolute atomic E-state index is 0.149. The Hall–Kier alpha value is -2.18. The van der Waals surface area contributed by atoms with E-state index in [1.165, 1.54) is 7.11 Å². The van der Waals surface area contributed by atoms with Gasteiger partial charge in [-0.25, -0.2) is 9.78 Å². The number of fused-ring (bicyclic) bond motifs is 1. The average Bonchev–Trinajstić information content (AvgIpc) is 2.59. The third-order valence-corrected chi connectivity index (χ3v) is 1.81. The summed E-state index contributed by atoms with van der Waals surface area (Å²) >= 11 is 0. The maximum absolute atomic E-state index is 10.8. The van der Waals surface area contributed by atoms with E-state index in [1.807, 2.05) is 0 Å². The third-order valence-electron chi connectivity index (χ3n) is 1.81.